The first-order chi connectivity index (χ1) is 22.7. The predicted octanol–water partition coefficient (Wildman–Crippen LogP) is 7.25. The Kier molecular flexibility index (Phi) is 11.9. The van der Waals surface area contributed by atoms with E-state index in [1.54, 1.807) is 43.3 Å². The summed E-state index contributed by atoms with van der Waals surface area (Å²) in [6.45, 7) is 2.44. The Morgan fingerprint density at radius 1 is 0.875 bits per heavy atom. The molecule has 4 rings (SSSR count). The molecule has 0 radical (unpaired) electrons. The van der Waals surface area contributed by atoms with E-state index in [2.05, 4.69) is 5.32 Å². The van der Waals surface area contributed by atoms with E-state index in [4.69, 9.17) is 11.6 Å². The van der Waals surface area contributed by atoms with Gasteiger partial charge in [-0.3, -0.25) is 13.9 Å². The standard InChI is InChI=1S/C35H34ClF4N3O4S/c1-3-24(2)41-34(45)32(20-25-10-6-4-7-11-25)42(22-26-14-16-27(37)17-15-26)33(44)23-43(48(46,47)29-12-8-5-9-13-29)28-18-19-31(36)30(21-28)35(38,39)40/h4-19,21,24,32H,3,20,22-23H2,1-2H3,(H,41,45). The molecule has 2 amide bonds. The molecule has 0 bridgehead atoms. The maximum absolute atomic E-state index is 14.4. The van der Waals surface area contributed by atoms with Gasteiger partial charge in [-0.25, -0.2) is 12.8 Å². The van der Waals surface area contributed by atoms with Crippen molar-refractivity contribution in [2.45, 2.75) is 56.4 Å². The zero-order chi connectivity index (χ0) is 35.1. The highest BCUT2D eigenvalue weighted by atomic mass is 35.5. The fourth-order valence-electron chi connectivity index (χ4n) is 4.92. The summed E-state index contributed by atoms with van der Waals surface area (Å²) in [7, 11) is -4.64. The highest BCUT2D eigenvalue weighted by Crippen LogP contribution is 2.38. The van der Waals surface area contributed by atoms with Crippen molar-refractivity contribution in [1.29, 1.82) is 0 Å². The van der Waals surface area contributed by atoms with Crippen LogP contribution in [0.2, 0.25) is 5.02 Å². The molecule has 48 heavy (non-hydrogen) atoms. The summed E-state index contributed by atoms with van der Waals surface area (Å²) in [4.78, 5) is 29.2. The zero-order valence-electron chi connectivity index (χ0n) is 26.1. The smallest absolute Gasteiger partial charge is 0.352 e. The van der Waals surface area contributed by atoms with E-state index in [1.807, 2.05) is 6.92 Å². The van der Waals surface area contributed by atoms with Gasteiger partial charge in [0.25, 0.3) is 10.0 Å². The van der Waals surface area contributed by atoms with Crippen molar-refractivity contribution in [3.05, 3.63) is 131 Å². The van der Waals surface area contributed by atoms with Gasteiger partial charge in [-0.05, 0) is 66.9 Å². The van der Waals surface area contributed by atoms with Crippen LogP contribution in [0.25, 0.3) is 0 Å². The van der Waals surface area contributed by atoms with Gasteiger partial charge in [0.1, 0.15) is 18.4 Å². The lowest BCUT2D eigenvalue weighted by Crippen LogP contribution is -2.54. The average Bonchev–Trinajstić information content (AvgIpc) is 3.06. The largest absolute Gasteiger partial charge is 0.417 e. The second-order valence-electron chi connectivity index (χ2n) is 11.2. The number of rotatable bonds is 13. The number of anilines is 1. The molecule has 13 heteroatoms. The van der Waals surface area contributed by atoms with E-state index >= 15 is 0 Å². The second kappa shape index (κ2) is 15.7. The van der Waals surface area contributed by atoms with Crippen LogP contribution < -0.4 is 9.62 Å². The Morgan fingerprint density at radius 3 is 2.06 bits per heavy atom. The Morgan fingerprint density at radius 2 is 1.48 bits per heavy atom. The second-order valence-corrected chi connectivity index (χ2v) is 13.4. The van der Waals surface area contributed by atoms with E-state index in [9.17, 15) is 35.6 Å². The number of hydrogen-bond acceptors (Lipinski definition) is 4. The maximum atomic E-state index is 14.4. The molecule has 0 saturated carbocycles. The van der Waals surface area contributed by atoms with Crippen LogP contribution in [-0.2, 0) is 38.8 Å². The normalized spacial score (nSPS) is 13.0. The van der Waals surface area contributed by atoms with Crippen molar-refractivity contribution in [2.24, 2.45) is 0 Å². The predicted molar refractivity (Wildman–Crippen MR) is 176 cm³/mol. The van der Waals surface area contributed by atoms with Gasteiger partial charge in [-0.2, -0.15) is 13.2 Å². The number of amides is 2. The number of carbonyl (C=O) groups is 2. The fraction of sp³-hybridized carbons (Fsp3) is 0.257. The summed E-state index contributed by atoms with van der Waals surface area (Å²) < 4.78 is 84.2. The third-order valence-electron chi connectivity index (χ3n) is 7.69. The molecule has 4 aromatic rings. The average molecular weight is 704 g/mol. The lowest BCUT2D eigenvalue weighted by molar-refractivity contribution is -0.140. The minimum atomic E-state index is -4.93. The van der Waals surface area contributed by atoms with Crippen LogP contribution in [0, 0.1) is 5.82 Å². The molecule has 0 spiro atoms. The van der Waals surface area contributed by atoms with Crippen LogP contribution >= 0.6 is 11.6 Å². The van der Waals surface area contributed by atoms with Gasteiger partial charge in [-0.15, -0.1) is 0 Å². The summed E-state index contributed by atoms with van der Waals surface area (Å²) in [5, 5.41) is 2.23. The molecule has 1 N–H and O–H groups in total. The molecule has 0 saturated heterocycles. The third-order valence-corrected chi connectivity index (χ3v) is 9.81. The van der Waals surface area contributed by atoms with Crippen LogP contribution in [-0.4, -0.2) is 43.8 Å². The molecule has 0 aliphatic rings. The zero-order valence-corrected chi connectivity index (χ0v) is 27.7. The van der Waals surface area contributed by atoms with Crippen LogP contribution in [0.3, 0.4) is 0 Å². The van der Waals surface area contributed by atoms with Crippen molar-refractivity contribution in [3.63, 3.8) is 0 Å². The van der Waals surface area contributed by atoms with Gasteiger partial charge >= 0.3 is 6.18 Å². The Balaban J connectivity index is 1.86. The molecule has 0 aromatic heterocycles. The third kappa shape index (κ3) is 9.13. The highest BCUT2D eigenvalue weighted by molar-refractivity contribution is 7.92. The number of benzene rings is 4. The Bertz CT molecular complexity index is 1810. The molecule has 0 aliphatic carbocycles. The van der Waals surface area contributed by atoms with Crippen LogP contribution in [0.1, 0.15) is 37.0 Å². The number of carbonyl (C=O) groups excluding carboxylic acids is 2. The lowest BCUT2D eigenvalue weighted by Gasteiger charge is -2.34. The van der Waals surface area contributed by atoms with Crippen molar-refractivity contribution in [2.75, 3.05) is 10.8 Å². The summed E-state index contributed by atoms with van der Waals surface area (Å²) >= 11 is 5.85. The number of nitrogens with zero attached hydrogens (tertiary/aromatic N) is 2. The highest BCUT2D eigenvalue weighted by Gasteiger charge is 2.37. The monoisotopic (exact) mass is 703 g/mol. The molecule has 0 aliphatic heterocycles. The van der Waals surface area contributed by atoms with E-state index in [-0.39, 0.29) is 23.9 Å². The van der Waals surface area contributed by atoms with Crippen LogP contribution in [0.4, 0.5) is 23.2 Å². The van der Waals surface area contributed by atoms with Crippen molar-refractivity contribution in [1.82, 2.24) is 10.2 Å². The molecule has 4 aromatic carbocycles. The van der Waals surface area contributed by atoms with Gasteiger partial charge in [0, 0.05) is 19.0 Å². The first kappa shape index (κ1) is 36.4. The molecular formula is C35H34ClF4N3O4S. The topological polar surface area (TPSA) is 86.8 Å². The fourth-order valence-corrected chi connectivity index (χ4v) is 6.57. The Labute approximate surface area is 282 Å². The lowest BCUT2D eigenvalue weighted by atomic mass is 10.0. The van der Waals surface area contributed by atoms with Gasteiger partial charge in [0.05, 0.1) is 21.2 Å². The maximum Gasteiger partial charge on any atom is 0.417 e. The minimum absolute atomic E-state index is 0.0284. The number of hydrogen-bond donors (Lipinski definition) is 1. The van der Waals surface area contributed by atoms with E-state index in [0.717, 1.165) is 12.1 Å². The van der Waals surface area contributed by atoms with Gasteiger partial charge in [-0.1, -0.05) is 79.2 Å². The minimum Gasteiger partial charge on any atom is -0.352 e. The SMILES string of the molecule is CCC(C)NC(=O)C(Cc1ccccc1)N(Cc1ccc(F)cc1)C(=O)CN(c1ccc(Cl)c(C(F)(F)F)c1)S(=O)(=O)c1ccccc1. The molecule has 2 unspecified atom stereocenters. The van der Waals surface area contributed by atoms with E-state index < -0.39 is 62.7 Å². The molecule has 254 valence electrons. The summed E-state index contributed by atoms with van der Waals surface area (Å²) in [5.74, 6) is -1.94. The van der Waals surface area contributed by atoms with E-state index in [1.165, 1.54) is 53.4 Å². The molecule has 0 heterocycles. The van der Waals surface area contributed by atoms with Crippen molar-refractivity contribution < 1.29 is 35.6 Å². The first-order valence-electron chi connectivity index (χ1n) is 15.0. The molecule has 0 fully saturated rings. The molecule has 2 atom stereocenters. The summed E-state index contributed by atoms with van der Waals surface area (Å²) in [5.41, 5.74) is -0.628. The molecular weight excluding hydrogens is 670 g/mol. The van der Waals surface area contributed by atoms with Crippen molar-refractivity contribution in [3.8, 4) is 0 Å². The Hall–Kier alpha value is -4.42. The van der Waals surface area contributed by atoms with Crippen LogP contribution in [0.15, 0.2) is 108 Å². The van der Waals surface area contributed by atoms with E-state index in [0.29, 0.717) is 27.9 Å². The van der Waals surface area contributed by atoms with Gasteiger partial charge in [0.2, 0.25) is 11.8 Å². The summed E-state index contributed by atoms with van der Waals surface area (Å²) in [6, 6.07) is 22.1. The number of halogens is 5. The quantitative estimate of drug-likeness (QED) is 0.149. The number of alkyl halides is 3. The van der Waals surface area contributed by atoms with Crippen molar-refractivity contribution >= 4 is 39.1 Å². The van der Waals surface area contributed by atoms with Gasteiger partial charge < -0.3 is 10.2 Å². The van der Waals surface area contributed by atoms with Gasteiger partial charge in [0.15, 0.2) is 0 Å². The number of nitrogens with one attached hydrogen (secondary N) is 1. The summed E-state index contributed by atoms with van der Waals surface area (Å²) in [6.07, 6.45) is -4.32. The molecule has 7 nitrogen and oxygen atoms in total. The first-order valence-corrected chi connectivity index (χ1v) is 16.8. The number of sulfonamides is 1. The van der Waals surface area contributed by atoms with Crippen LogP contribution in [0.5, 0.6) is 0 Å².